The second-order valence-electron chi connectivity index (χ2n) is 8.71. The van der Waals surface area contributed by atoms with Gasteiger partial charge in [0.15, 0.2) is 0 Å². The maximum atomic E-state index is 13.0. The van der Waals surface area contributed by atoms with Gasteiger partial charge in [-0.05, 0) is 74.3 Å². The molecule has 2 heterocycles. The van der Waals surface area contributed by atoms with E-state index in [4.69, 9.17) is 4.98 Å². The number of para-hydroxylation sites is 3. The van der Waals surface area contributed by atoms with Crippen LogP contribution in [0.2, 0.25) is 0 Å². The highest BCUT2D eigenvalue weighted by molar-refractivity contribution is 9.10. The molecular formula is C27H27BrN4O. The maximum Gasteiger partial charge on any atom is 0.228 e. The lowest BCUT2D eigenvalue weighted by Gasteiger charge is -2.32. The first-order chi connectivity index (χ1) is 16.1. The van der Waals surface area contributed by atoms with Gasteiger partial charge in [0, 0.05) is 22.4 Å². The van der Waals surface area contributed by atoms with Crippen LogP contribution in [0.4, 0.5) is 5.69 Å². The summed E-state index contributed by atoms with van der Waals surface area (Å²) in [5.41, 5.74) is 5.16. The lowest BCUT2D eigenvalue weighted by atomic mass is 9.97. The second kappa shape index (κ2) is 9.49. The molecule has 168 valence electrons. The number of nitrogens with zero attached hydrogens (tertiary/aromatic N) is 3. The number of carbonyl (C=O) groups is 1. The van der Waals surface area contributed by atoms with Crippen LogP contribution in [0.1, 0.15) is 24.2 Å². The number of piperidine rings is 1. The van der Waals surface area contributed by atoms with Crippen molar-refractivity contribution >= 4 is 38.6 Å². The molecule has 4 aromatic rings. The standard InChI is InChI=1S/C27H27BrN4O/c1-19-7-2-3-9-23(19)30-27(33)20-8-6-16-31(17-20)18-26-29-24-10-4-5-11-25(24)32(26)22-14-12-21(28)13-15-22/h2-5,7,9-15,20H,6,8,16-18H2,1H3,(H,30,33)/t20-/m0/s1. The number of hydrogen-bond donors (Lipinski definition) is 1. The van der Waals surface area contributed by atoms with Gasteiger partial charge in [0.1, 0.15) is 5.82 Å². The van der Waals surface area contributed by atoms with E-state index in [1.54, 1.807) is 0 Å². The van der Waals surface area contributed by atoms with Crippen molar-refractivity contribution in [2.45, 2.75) is 26.3 Å². The van der Waals surface area contributed by atoms with Gasteiger partial charge in [-0.2, -0.15) is 0 Å². The average molecular weight is 503 g/mol. The van der Waals surface area contributed by atoms with Gasteiger partial charge in [-0.1, -0.05) is 46.3 Å². The zero-order chi connectivity index (χ0) is 22.8. The van der Waals surface area contributed by atoms with E-state index in [0.717, 1.165) is 64.2 Å². The van der Waals surface area contributed by atoms with E-state index >= 15 is 0 Å². The summed E-state index contributed by atoms with van der Waals surface area (Å²) in [6.45, 7) is 4.44. The minimum atomic E-state index is -0.0242. The van der Waals surface area contributed by atoms with E-state index in [-0.39, 0.29) is 11.8 Å². The Morgan fingerprint density at radius 1 is 1.06 bits per heavy atom. The Morgan fingerprint density at radius 2 is 1.82 bits per heavy atom. The van der Waals surface area contributed by atoms with Crippen molar-refractivity contribution in [2.24, 2.45) is 5.92 Å². The fraction of sp³-hybridized carbons (Fsp3) is 0.259. The first-order valence-corrected chi connectivity index (χ1v) is 12.2. The van der Waals surface area contributed by atoms with E-state index in [1.165, 1.54) is 0 Å². The summed E-state index contributed by atoms with van der Waals surface area (Å²) >= 11 is 3.53. The van der Waals surface area contributed by atoms with Crippen molar-refractivity contribution in [3.63, 3.8) is 0 Å². The van der Waals surface area contributed by atoms with E-state index in [2.05, 4.69) is 73.2 Å². The van der Waals surface area contributed by atoms with Crippen molar-refractivity contribution in [3.8, 4) is 5.69 Å². The smallest absolute Gasteiger partial charge is 0.228 e. The molecule has 1 aromatic heterocycles. The summed E-state index contributed by atoms with van der Waals surface area (Å²) in [6.07, 6.45) is 1.92. The van der Waals surface area contributed by atoms with Crippen molar-refractivity contribution in [2.75, 3.05) is 18.4 Å². The number of likely N-dealkylation sites (tertiary alicyclic amines) is 1. The highest BCUT2D eigenvalue weighted by Gasteiger charge is 2.27. The fourth-order valence-corrected chi connectivity index (χ4v) is 4.89. The molecule has 5 rings (SSSR count). The second-order valence-corrected chi connectivity index (χ2v) is 9.62. The van der Waals surface area contributed by atoms with Crippen molar-refractivity contribution in [3.05, 3.63) is 88.7 Å². The lowest BCUT2D eigenvalue weighted by molar-refractivity contribution is -0.121. The summed E-state index contributed by atoms with van der Waals surface area (Å²) in [7, 11) is 0. The van der Waals surface area contributed by atoms with Crippen LogP contribution in [0.5, 0.6) is 0 Å². The summed E-state index contributed by atoms with van der Waals surface area (Å²) in [5, 5.41) is 3.14. The van der Waals surface area contributed by atoms with Gasteiger partial charge in [0.25, 0.3) is 0 Å². The number of imidazole rings is 1. The topological polar surface area (TPSA) is 50.2 Å². The average Bonchev–Trinajstić information content (AvgIpc) is 3.19. The maximum absolute atomic E-state index is 13.0. The molecule has 0 bridgehead atoms. The van der Waals surface area contributed by atoms with Gasteiger partial charge in [-0.25, -0.2) is 4.98 Å². The van der Waals surface area contributed by atoms with Crippen molar-refractivity contribution < 1.29 is 4.79 Å². The number of hydrogen-bond acceptors (Lipinski definition) is 3. The summed E-state index contributed by atoms with van der Waals surface area (Å²) < 4.78 is 3.29. The number of anilines is 1. The molecule has 1 N–H and O–H groups in total. The number of halogens is 1. The number of fused-ring (bicyclic) bond motifs is 1. The Kier molecular flexibility index (Phi) is 6.29. The zero-order valence-electron chi connectivity index (χ0n) is 18.7. The molecule has 1 fully saturated rings. The molecule has 0 spiro atoms. The minimum absolute atomic E-state index is 0.0242. The van der Waals surface area contributed by atoms with Gasteiger partial charge in [0.05, 0.1) is 23.5 Å². The Labute approximate surface area is 202 Å². The summed E-state index contributed by atoms with van der Waals surface area (Å²) in [5.74, 6) is 1.08. The Morgan fingerprint density at radius 3 is 2.64 bits per heavy atom. The Bertz CT molecular complexity index is 1280. The molecule has 33 heavy (non-hydrogen) atoms. The molecule has 5 nitrogen and oxygen atoms in total. The quantitative estimate of drug-likeness (QED) is 0.366. The number of nitrogens with one attached hydrogen (secondary N) is 1. The number of amides is 1. The van der Waals surface area contributed by atoms with Gasteiger partial charge >= 0.3 is 0 Å². The molecule has 0 radical (unpaired) electrons. The molecule has 1 aliphatic heterocycles. The lowest BCUT2D eigenvalue weighted by Crippen LogP contribution is -2.40. The van der Waals surface area contributed by atoms with Crippen LogP contribution in [-0.2, 0) is 11.3 Å². The monoisotopic (exact) mass is 502 g/mol. The van der Waals surface area contributed by atoms with E-state index in [1.807, 2.05) is 37.3 Å². The van der Waals surface area contributed by atoms with Gasteiger partial charge in [-0.3, -0.25) is 14.3 Å². The molecule has 1 amide bonds. The zero-order valence-corrected chi connectivity index (χ0v) is 20.3. The van der Waals surface area contributed by atoms with Crippen LogP contribution >= 0.6 is 15.9 Å². The highest BCUT2D eigenvalue weighted by atomic mass is 79.9. The normalized spacial score (nSPS) is 16.7. The summed E-state index contributed by atoms with van der Waals surface area (Å²) in [6, 6.07) is 24.5. The van der Waals surface area contributed by atoms with Crippen LogP contribution in [0.3, 0.4) is 0 Å². The molecule has 0 unspecified atom stereocenters. The molecule has 3 aromatic carbocycles. The highest BCUT2D eigenvalue weighted by Crippen LogP contribution is 2.26. The molecular weight excluding hydrogens is 476 g/mol. The predicted molar refractivity (Wildman–Crippen MR) is 137 cm³/mol. The van der Waals surface area contributed by atoms with Crippen LogP contribution in [0.15, 0.2) is 77.3 Å². The van der Waals surface area contributed by atoms with Crippen LogP contribution in [0.25, 0.3) is 16.7 Å². The van der Waals surface area contributed by atoms with Gasteiger partial charge in [-0.15, -0.1) is 0 Å². The van der Waals surface area contributed by atoms with E-state index in [9.17, 15) is 4.79 Å². The first kappa shape index (κ1) is 21.9. The Balaban J connectivity index is 1.37. The largest absolute Gasteiger partial charge is 0.326 e. The van der Waals surface area contributed by atoms with E-state index < -0.39 is 0 Å². The first-order valence-electron chi connectivity index (χ1n) is 11.4. The third-order valence-electron chi connectivity index (χ3n) is 6.36. The molecule has 1 saturated heterocycles. The SMILES string of the molecule is Cc1ccccc1NC(=O)[C@H]1CCCN(Cc2nc3ccccc3n2-c2ccc(Br)cc2)C1. The number of aromatic nitrogens is 2. The minimum Gasteiger partial charge on any atom is -0.326 e. The molecule has 0 aliphatic carbocycles. The fourth-order valence-electron chi connectivity index (χ4n) is 4.62. The van der Waals surface area contributed by atoms with Crippen molar-refractivity contribution in [1.29, 1.82) is 0 Å². The van der Waals surface area contributed by atoms with Crippen LogP contribution < -0.4 is 5.32 Å². The molecule has 6 heteroatoms. The molecule has 0 saturated carbocycles. The third kappa shape index (κ3) is 4.72. The van der Waals surface area contributed by atoms with Crippen LogP contribution in [0, 0.1) is 12.8 Å². The van der Waals surface area contributed by atoms with Gasteiger partial charge in [0.2, 0.25) is 5.91 Å². The van der Waals surface area contributed by atoms with Gasteiger partial charge < -0.3 is 5.32 Å². The van der Waals surface area contributed by atoms with Crippen LogP contribution in [-0.4, -0.2) is 33.4 Å². The molecule has 1 atom stereocenters. The van der Waals surface area contributed by atoms with E-state index in [0.29, 0.717) is 6.54 Å². The Hall–Kier alpha value is -2.96. The number of carbonyl (C=O) groups excluding carboxylic acids is 1. The number of benzene rings is 3. The third-order valence-corrected chi connectivity index (χ3v) is 6.89. The number of rotatable bonds is 5. The summed E-state index contributed by atoms with van der Waals surface area (Å²) in [4.78, 5) is 20.3. The predicted octanol–water partition coefficient (Wildman–Crippen LogP) is 5.95. The van der Waals surface area contributed by atoms with Crippen molar-refractivity contribution in [1.82, 2.24) is 14.5 Å². The molecule has 1 aliphatic rings. The number of aryl methyl sites for hydroxylation is 1.